The molecule has 1 aromatic rings. The number of nitrogens with zero attached hydrogens (tertiary/aromatic N) is 1. The molecule has 3 rings (SSSR count). The molecule has 23 heavy (non-hydrogen) atoms. The fourth-order valence-corrected chi connectivity index (χ4v) is 3.77. The third-order valence-electron chi connectivity index (χ3n) is 4.56. The van der Waals surface area contributed by atoms with Crippen molar-refractivity contribution < 1.29 is 19.7 Å². The van der Waals surface area contributed by atoms with E-state index in [-0.39, 0.29) is 6.42 Å². The molecule has 0 aromatic heterocycles. The first kappa shape index (κ1) is 16.0. The number of thiocarbonyl (C=S) groups is 1. The molecule has 0 radical (unpaired) electrons. The molecule has 1 aromatic carbocycles. The zero-order valence-electron chi connectivity index (χ0n) is 12.5. The van der Waals surface area contributed by atoms with Crippen LogP contribution >= 0.6 is 12.2 Å². The number of aliphatic hydroxyl groups excluding tert-OH is 2. The molecule has 1 aliphatic carbocycles. The monoisotopic (exact) mass is 337 g/mol. The predicted molar refractivity (Wildman–Crippen MR) is 88.1 cm³/mol. The predicted octanol–water partition coefficient (Wildman–Crippen LogP) is -0.646. The summed E-state index contributed by atoms with van der Waals surface area (Å²) in [5, 5.41) is 23.6. The highest BCUT2D eigenvalue weighted by molar-refractivity contribution is 7.80. The normalized spacial score (nSPS) is 33.1. The maximum Gasteiger partial charge on any atom is 0.222 e. The van der Waals surface area contributed by atoms with Crippen molar-refractivity contribution in [2.24, 2.45) is 11.7 Å². The van der Waals surface area contributed by atoms with E-state index in [1.54, 1.807) is 24.1 Å². The molecule has 5 unspecified atom stereocenters. The number of nitrogens with one attached hydrogen (secondary N) is 1. The number of rotatable bonds is 3. The van der Waals surface area contributed by atoms with Crippen LogP contribution in [0.3, 0.4) is 0 Å². The zero-order valence-corrected chi connectivity index (χ0v) is 13.4. The van der Waals surface area contributed by atoms with E-state index < -0.39 is 36.1 Å². The van der Waals surface area contributed by atoms with Crippen molar-refractivity contribution in [3.05, 3.63) is 24.3 Å². The zero-order chi connectivity index (χ0) is 16.7. The summed E-state index contributed by atoms with van der Waals surface area (Å²) >= 11 is 5.37. The average molecular weight is 337 g/mol. The number of methoxy groups -OCH3 is 1. The third-order valence-corrected chi connectivity index (χ3v) is 4.88. The van der Waals surface area contributed by atoms with Gasteiger partial charge in [-0.3, -0.25) is 4.79 Å². The minimum Gasteiger partial charge on any atom is -0.497 e. The first-order chi connectivity index (χ1) is 10.9. The molecule has 8 heteroatoms. The standard InChI is InChI=1S/C15H19N3O4S/c1-22-8-4-2-7(3-5-8)18-12-9(14(16)21)6-10(19)13(20)11(12)17-15(18)23/h2-5,9-13,19-20H,6H2,1H3,(H2,16,21)(H,17,23). The molecule has 0 bridgehead atoms. The molecule has 0 spiro atoms. The molecule has 1 saturated carbocycles. The van der Waals surface area contributed by atoms with E-state index in [1.807, 2.05) is 12.1 Å². The first-order valence-corrected chi connectivity index (χ1v) is 7.74. The van der Waals surface area contributed by atoms with Crippen LogP contribution in [-0.2, 0) is 4.79 Å². The Balaban J connectivity index is 1.98. The number of anilines is 1. The van der Waals surface area contributed by atoms with Crippen LogP contribution in [0.4, 0.5) is 5.69 Å². The van der Waals surface area contributed by atoms with Gasteiger partial charge in [-0.25, -0.2) is 0 Å². The average Bonchev–Trinajstić information content (AvgIpc) is 2.88. The minimum atomic E-state index is -1.02. The number of ether oxygens (including phenoxy) is 1. The van der Waals surface area contributed by atoms with E-state index >= 15 is 0 Å². The maximum atomic E-state index is 11.8. The van der Waals surface area contributed by atoms with Crippen LogP contribution in [0.5, 0.6) is 5.75 Å². The second-order valence-electron chi connectivity index (χ2n) is 5.84. The van der Waals surface area contributed by atoms with Crippen molar-refractivity contribution in [3.63, 3.8) is 0 Å². The van der Waals surface area contributed by atoms with Gasteiger partial charge < -0.3 is 30.9 Å². The van der Waals surface area contributed by atoms with Crippen molar-refractivity contribution in [3.8, 4) is 5.75 Å². The summed E-state index contributed by atoms with van der Waals surface area (Å²) in [5.74, 6) is -0.432. The number of benzene rings is 1. The smallest absolute Gasteiger partial charge is 0.222 e. The second-order valence-corrected chi connectivity index (χ2v) is 6.22. The Morgan fingerprint density at radius 3 is 2.61 bits per heavy atom. The third kappa shape index (κ3) is 2.62. The van der Waals surface area contributed by atoms with E-state index in [1.165, 1.54) is 0 Å². The Hall–Kier alpha value is -1.90. The van der Waals surface area contributed by atoms with Crippen LogP contribution in [0, 0.1) is 5.92 Å². The highest BCUT2D eigenvalue weighted by atomic mass is 32.1. The largest absolute Gasteiger partial charge is 0.497 e. The van der Waals surface area contributed by atoms with Gasteiger partial charge in [-0.15, -0.1) is 0 Å². The summed E-state index contributed by atoms with van der Waals surface area (Å²) in [5.41, 5.74) is 6.28. The number of nitrogens with two attached hydrogens (primary N) is 1. The summed E-state index contributed by atoms with van der Waals surface area (Å²) < 4.78 is 5.14. The van der Waals surface area contributed by atoms with Gasteiger partial charge in [0.2, 0.25) is 5.91 Å². The number of carbonyl (C=O) groups is 1. The number of hydrogen-bond acceptors (Lipinski definition) is 5. The fourth-order valence-electron chi connectivity index (χ4n) is 3.41. The lowest BCUT2D eigenvalue weighted by molar-refractivity contribution is -0.127. The lowest BCUT2D eigenvalue weighted by atomic mass is 9.77. The summed E-state index contributed by atoms with van der Waals surface area (Å²) in [6, 6.07) is 6.24. The number of hydrogen-bond donors (Lipinski definition) is 4. The van der Waals surface area contributed by atoms with Gasteiger partial charge in [0.05, 0.1) is 31.2 Å². The molecule has 1 heterocycles. The molecule has 1 aliphatic heterocycles. The molecule has 1 saturated heterocycles. The van der Waals surface area contributed by atoms with Crippen LogP contribution in [-0.4, -0.2) is 52.6 Å². The number of fused-ring (bicyclic) bond motifs is 1. The van der Waals surface area contributed by atoms with E-state index in [0.29, 0.717) is 10.9 Å². The van der Waals surface area contributed by atoms with Gasteiger partial charge in [0, 0.05) is 5.69 Å². The second kappa shape index (κ2) is 5.95. The molecule has 5 N–H and O–H groups in total. The summed E-state index contributed by atoms with van der Waals surface area (Å²) in [7, 11) is 1.58. The number of amides is 1. The number of primary amides is 1. The van der Waals surface area contributed by atoms with Crippen LogP contribution < -0.4 is 20.7 Å². The van der Waals surface area contributed by atoms with Gasteiger partial charge in [-0.05, 0) is 42.9 Å². The Kier molecular flexibility index (Phi) is 4.13. The highest BCUT2D eigenvalue weighted by Gasteiger charge is 2.53. The molecule has 2 aliphatic rings. The SMILES string of the molecule is COc1ccc(N2C(=S)NC3C(O)C(O)CC(C(N)=O)C32)cc1. The molecule has 7 nitrogen and oxygen atoms in total. The van der Waals surface area contributed by atoms with Crippen LogP contribution in [0.2, 0.25) is 0 Å². The van der Waals surface area contributed by atoms with Gasteiger partial charge in [-0.1, -0.05) is 0 Å². The van der Waals surface area contributed by atoms with Crippen molar-refractivity contribution in [1.82, 2.24) is 5.32 Å². The van der Waals surface area contributed by atoms with E-state index in [0.717, 1.165) is 5.69 Å². The minimum absolute atomic E-state index is 0.106. The topological polar surface area (TPSA) is 108 Å². The van der Waals surface area contributed by atoms with Crippen molar-refractivity contribution >= 4 is 28.9 Å². The van der Waals surface area contributed by atoms with Crippen molar-refractivity contribution in [2.75, 3.05) is 12.0 Å². The Morgan fingerprint density at radius 1 is 1.39 bits per heavy atom. The highest BCUT2D eigenvalue weighted by Crippen LogP contribution is 2.36. The van der Waals surface area contributed by atoms with Gasteiger partial charge in [0.25, 0.3) is 0 Å². The fraction of sp³-hybridized carbons (Fsp3) is 0.467. The maximum absolute atomic E-state index is 11.8. The molecule has 124 valence electrons. The van der Waals surface area contributed by atoms with Crippen LogP contribution in [0.15, 0.2) is 24.3 Å². The van der Waals surface area contributed by atoms with Crippen LogP contribution in [0.25, 0.3) is 0 Å². The molecular formula is C15H19N3O4S. The van der Waals surface area contributed by atoms with E-state index in [9.17, 15) is 15.0 Å². The van der Waals surface area contributed by atoms with Gasteiger partial charge in [-0.2, -0.15) is 0 Å². The van der Waals surface area contributed by atoms with E-state index in [2.05, 4.69) is 5.32 Å². The molecular weight excluding hydrogens is 318 g/mol. The summed E-state index contributed by atoms with van der Waals surface area (Å²) in [6.45, 7) is 0. The van der Waals surface area contributed by atoms with Crippen molar-refractivity contribution in [1.29, 1.82) is 0 Å². The lowest BCUT2D eigenvalue weighted by Gasteiger charge is -2.40. The molecule has 1 amide bonds. The summed E-state index contributed by atoms with van der Waals surface area (Å²) in [6.07, 6.45) is -1.93. The van der Waals surface area contributed by atoms with Crippen molar-refractivity contribution in [2.45, 2.75) is 30.7 Å². The summed E-state index contributed by atoms with van der Waals surface area (Å²) in [4.78, 5) is 13.6. The quantitative estimate of drug-likeness (QED) is 0.543. The number of aliphatic hydroxyl groups is 2. The first-order valence-electron chi connectivity index (χ1n) is 7.33. The lowest BCUT2D eigenvalue weighted by Crippen LogP contribution is -2.60. The van der Waals surface area contributed by atoms with Gasteiger partial charge in [0.15, 0.2) is 5.11 Å². The van der Waals surface area contributed by atoms with E-state index in [4.69, 9.17) is 22.7 Å². The Bertz CT molecular complexity index is 624. The number of carbonyl (C=O) groups excluding carboxylic acids is 1. The van der Waals surface area contributed by atoms with Crippen LogP contribution in [0.1, 0.15) is 6.42 Å². The molecule has 2 fully saturated rings. The van der Waals surface area contributed by atoms with Gasteiger partial charge in [0.1, 0.15) is 11.9 Å². The molecule has 5 atom stereocenters. The van der Waals surface area contributed by atoms with Gasteiger partial charge >= 0.3 is 0 Å². The Morgan fingerprint density at radius 2 is 2.04 bits per heavy atom. The Labute approximate surface area is 139 Å².